The third kappa shape index (κ3) is 10.5. The van der Waals surface area contributed by atoms with E-state index in [1.807, 2.05) is 24.3 Å². The second kappa shape index (κ2) is 16.9. The molecule has 3 aromatic carbocycles. The van der Waals surface area contributed by atoms with E-state index in [9.17, 15) is 19.5 Å². The smallest absolute Gasteiger partial charge is 0.268 e. The van der Waals surface area contributed by atoms with Gasteiger partial charge in [0.05, 0.1) is 19.8 Å². The van der Waals surface area contributed by atoms with E-state index in [4.69, 9.17) is 9.94 Å². The molecular weight excluding hydrogens is 536 g/mol. The van der Waals surface area contributed by atoms with Gasteiger partial charge in [-0.2, -0.15) is 0 Å². The fraction of sp³-hybridized carbons (Fsp3) is 0.219. The zero-order valence-electron chi connectivity index (χ0n) is 22.5. The molecule has 0 aliphatic rings. The number of anilines is 1. The second-order valence-corrected chi connectivity index (χ2v) is 8.83. The van der Waals surface area contributed by atoms with Crippen molar-refractivity contribution in [1.29, 1.82) is 0 Å². The van der Waals surface area contributed by atoms with Crippen LogP contribution < -0.4 is 26.2 Å². The third-order valence-corrected chi connectivity index (χ3v) is 5.70. The Kier molecular flexibility index (Phi) is 13.3. The molecule has 218 valence electrons. The Morgan fingerprint density at radius 1 is 0.929 bits per heavy atom. The van der Waals surface area contributed by atoms with E-state index in [1.54, 1.807) is 43.5 Å². The van der Waals surface area contributed by atoms with E-state index in [1.165, 1.54) is 24.5 Å². The molecule has 0 bridgehead atoms. The molecule has 2 atom stereocenters. The van der Waals surface area contributed by atoms with Crippen molar-refractivity contribution >= 4 is 23.4 Å². The van der Waals surface area contributed by atoms with E-state index in [0.29, 0.717) is 17.8 Å². The summed E-state index contributed by atoms with van der Waals surface area (Å²) >= 11 is 0. The van der Waals surface area contributed by atoms with Gasteiger partial charge >= 0.3 is 0 Å². The first-order valence-electron chi connectivity index (χ1n) is 12.6. The molecule has 6 N–H and O–H groups in total. The van der Waals surface area contributed by atoms with Crippen molar-refractivity contribution in [3.05, 3.63) is 95.1 Å². The molecule has 0 aliphatic heterocycles. The van der Waals surface area contributed by atoms with E-state index in [-0.39, 0.29) is 25.4 Å². The van der Waals surface area contributed by atoms with Crippen LogP contribution in [0.4, 0.5) is 5.69 Å². The molecule has 0 aromatic heterocycles. The summed E-state index contributed by atoms with van der Waals surface area (Å²) in [5, 5.41) is 26.7. The third-order valence-electron chi connectivity index (χ3n) is 5.70. The quantitative estimate of drug-likeness (QED) is 0.125. The molecule has 3 amide bonds. The molecule has 42 heavy (non-hydrogen) atoms. The van der Waals surface area contributed by atoms with Crippen LogP contribution in [0.2, 0.25) is 0 Å². The predicted molar refractivity (Wildman–Crippen MR) is 160 cm³/mol. The lowest BCUT2D eigenvalue weighted by atomic mass is 10.1. The number of aliphatic hydroxyl groups excluding tert-OH is 1. The summed E-state index contributed by atoms with van der Waals surface area (Å²) in [6.45, 7) is 2.01. The van der Waals surface area contributed by atoms with Gasteiger partial charge in [-0.25, -0.2) is 5.48 Å². The predicted octanol–water partition coefficient (Wildman–Crippen LogP) is 2.45. The van der Waals surface area contributed by atoms with Crippen molar-refractivity contribution in [3.63, 3.8) is 0 Å². The second-order valence-electron chi connectivity index (χ2n) is 8.83. The number of carbonyl (C=O) groups excluding carboxylic acids is 3. The molecule has 0 fully saturated rings. The van der Waals surface area contributed by atoms with Crippen LogP contribution in [-0.2, 0) is 16.1 Å². The van der Waals surface area contributed by atoms with Gasteiger partial charge in [0.25, 0.3) is 11.8 Å². The minimum Gasteiger partial charge on any atom is -0.497 e. The molecule has 0 aliphatic carbocycles. The summed E-state index contributed by atoms with van der Waals surface area (Å²) in [5.74, 6) is 10.4. The Labute approximate surface area is 245 Å². The topological polar surface area (TPSA) is 149 Å². The Morgan fingerprint density at radius 2 is 1.55 bits per heavy atom. The van der Waals surface area contributed by atoms with Crippen LogP contribution in [0.25, 0.3) is 0 Å². The zero-order valence-corrected chi connectivity index (χ0v) is 22.5. The normalized spacial score (nSPS) is 11.1. The molecule has 10 heteroatoms. The number of amides is 3. The van der Waals surface area contributed by atoms with Gasteiger partial charge in [0.2, 0.25) is 5.91 Å². The number of methoxy groups -OCH3 is 1. The molecule has 0 heterocycles. The summed E-state index contributed by atoms with van der Waals surface area (Å²) in [4.78, 5) is 36.2. The lowest BCUT2D eigenvalue weighted by Crippen LogP contribution is -2.51. The Balaban J connectivity index is 0.00000616. The first kappa shape index (κ1) is 33.1. The van der Waals surface area contributed by atoms with E-state index >= 15 is 0 Å². The van der Waals surface area contributed by atoms with Crippen molar-refractivity contribution in [2.45, 2.75) is 33.0 Å². The van der Waals surface area contributed by atoms with Crippen LogP contribution in [0.1, 0.15) is 41.4 Å². The molecule has 0 saturated heterocycles. The number of aliphatic hydroxyl groups is 1. The van der Waals surface area contributed by atoms with Gasteiger partial charge in [-0.1, -0.05) is 31.4 Å². The standard InChI is InChI=1S/C31H30N4O6.CH4/c1-21(36)29(31(39)35-40)34-30(38)25-14-10-22(11-15-25)6-3-4-7-23-12-16-26(17-13-23)33-28(37)20-32-19-24-8-5-9-27(18-24)41-2;/h5,8-18,21,29,32,36,40H,19-20H2,1-2H3,(H,33,37)(H,34,38)(H,35,39);1H4/t21-,29+;/m1./s1. The number of hydrogen-bond donors (Lipinski definition) is 6. The van der Waals surface area contributed by atoms with Crippen LogP contribution >= 0.6 is 0 Å². The fourth-order valence-corrected chi connectivity index (χ4v) is 3.56. The first-order chi connectivity index (χ1) is 19.8. The fourth-order valence-electron chi connectivity index (χ4n) is 3.56. The number of carbonyl (C=O) groups is 3. The van der Waals surface area contributed by atoms with E-state index < -0.39 is 24.0 Å². The Bertz CT molecular complexity index is 1480. The molecule has 0 saturated carbocycles. The SMILES string of the molecule is C.COc1cccc(CNCC(=O)Nc2ccc(C#CC#Cc3ccc(C(=O)N[C@H](C(=O)NO)[C@@H](C)O)cc3)cc2)c1. The minimum absolute atomic E-state index is 0. The summed E-state index contributed by atoms with van der Waals surface area (Å²) in [6.07, 6.45) is -1.21. The van der Waals surface area contributed by atoms with Crippen LogP contribution in [-0.4, -0.2) is 53.8 Å². The van der Waals surface area contributed by atoms with Crippen molar-refractivity contribution in [2.75, 3.05) is 19.0 Å². The number of hydroxylamine groups is 1. The van der Waals surface area contributed by atoms with E-state index in [2.05, 4.69) is 39.6 Å². The average molecular weight is 571 g/mol. The summed E-state index contributed by atoms with van der Waals surface area (Å²) in [6, 6.07) is 19.7. The maximum absolute atomic E-state index is 12.3. The molecule has 3 aromatic rings. The van der Waals surface area contributed by atoms with Gasteiger partial charge in [-0.15, -0.1) is 0 Å². The van der Waals surface area contributed by atoms with Crippen molar-refractivity contribution in [2.24, 2.45) is 0 Å². The average Bonchev–Trinajstić information content (AvgIpc) is 2.98. The minimum atomic E-state index is -1.31. The Hall–Kier alpha value is -5.13. The van der Waals surface area contributed by atoms with Gasteiger partial charge in [0, 0.05) is 28.9 Å². The van der Waals surface area contributed by atoms with Gasteiger partial charge in [-0.05, 0) is 85.0 Å². The summed E-state index contributed by atoms with van der Waals surface area (Å²) in [7, 11) is 1.61. The first-order valence-corrected chi connectivity index (χ1v) is 12.6. The Morgan fingerprint density at radius 3 is 2.12 bits per heavy atom. The number of ether oxygens (including phenoxy) is 1. The highest BCUT2D eigenvalue weighted by molar-refractivity contribution is 5.97. The zero-order chi connectivity index (χ0) is 29.6. The van der Waals surface area contributed by atoms with Gasteiger partial charge in [-0.3, -0.25) is 19.6 Å². The highest BCUT2D eigenvalue weighted by Crippen LogP contribution is 2.12. The van der Waals surface area contributed by atoms with Gasteiger partial charge < -0.3 is 25.8 Å². The van der Waals surface area contributed by atoms with Gasteiger partial charge in [0.15, 0.2) is 0 Å². The number of nitrogens with one attached hydrogen (secondary N) is 4. The van der Waals surface area contributed by atoms with Crippen LogP contribution in [0.15, 0.2) is 72.8 Å². The van der Waals surface area contributed by atoms with E-state index in [0.717, 1.165) is 16.9 Å². The highest BCUT2D eigenvalue weighted by Gasteiger charge is 2.25. The molecule has 0 spiro atoms. The highest BCUT2D eigenvalue weighted by atomic mass is 16.5. The van der Waals surface area contributed by atoms with Crippen LogP contribution in [0.5, 0.6) is 5.75 Å². The lowest BCUT2D eigenvalue weighted by Gasteiger charge is -2.19. The van der Waals surface area contributed by atoms with Crippen molar-refractivity contribution in [1.82, 2.24) is 16.1 Å². The molecule has 10 nitrogen and oxygen atoms in total. The van der Waals surface area contributed by atoms with Crippen molar-refractivity contribution in [3.8, 4) is 29.4 Å². The number of hydrogen-bond acceptors (Lipinski definition) is 7. The van der Waals surface area contributed by atoms with Crippen LogP contribution in [0.3, 0.4) is 0 Å². The van der Waals surface area contributed by atoms with Gasteiger partial charge in [0.1, 0.15) is 11.8 Å². The lowest BCUT2D eigenvalue weighted by molar-refractivity contribution is -0.133. The largest absolute Gasteiger partial charge is 0.497 e. The molecule has 3 rings (SSSR count). The molecule has 0 unspecified atom stereocenters. The maximum Gasteiger partial charge on any atom is 0.268 e. The maximum atomic E-state index is 12.3. The summed E-state index contributed by atoms with van der Waals surface area (Å²) in [5.41, 5.74) is 4.66. The van der Waals surface area contributed by atoms with Crippen molar-refractivity contribution < 1.29 is 29.4 Å². The molecular formula is C32H34N4O6. The monoisotopic (exact) mass is 570 g/mol. The number of benzene rings is 3. The molecule has 0 radical (unpaired) electrons. The van der Waals surface area contributed by atoms with Crippen LogP contribution in [0, 0.1) is 23.7 Å². The number of rotatable bonds is 10. The summed E-state index contributed by atoms with van der Waals surface area (Å²) < 4.78 is 5.20.